The zero-order chi connectivity index (χ0) is 11.7. The van der Waals surface area contributed by atoms with Crippen LogP contribution in [0.4, 0.5) is 0 Å². The summed E-state index contributed by atoms with van der Waals surface area (Å²) in [7, 11) is 0. The van der Waals surface area contributed by atoms with Crippen LogP contribution in [-0.4, -0.2) is 23.3 Å². The van der Waals surface area contributed by atoms with Gasteiger partial charge in [0.05, 0.1) is 11.1 Å². The Hall–Kier alpha value is -1.64. The number of carbonyl (C=O) groups is 2. The zero-order valence-corrected chi connectivity index (χ0v) is 9.56. The van der Waals surface area contributed by atoms with Crippen LogP contribution >= 0.6 is 0 Å². The van der Waals surface area contributed by atoms with E-state index in [4.69, 9.17) is 0 Å². The number of imide groups is 1. The fourth-order valence-electron chi connectivity index (χ4n) is 1.85. The van der Waals surface area contributed by atoms with Crippen molar-refractivity contribution in [3.63, 3.8) is 0 Å². The van der Waals surface area contributed by atoms with Gasteiger partial charge in [-0.2, -0.15) is 0 Å². The molecule has 0 radical (unpaired) electrons. The Bertz CT molecular complexity index is 404. The second-order valence-electron chi connectivity index (χ2n) is 4.28. The standard InChI is InChI=1S/C13H15NO2/c1-3-9(2)8-14-12(15)10-6-4-5-7-11(10)13(14)16/h4-7,9H,3,8H2,1-2H3. The van der Waals surface area contributed by atoms with Gasteiger partial charge in [-0.25, -0.2) is 0 Å². The Morgan fingerprint density at radius 3 is 2.06 bits per heavy atom. The minimum absolute atomic E-state index is 0.152. The molecule has 0 aromatic heterocycles. The van der Waals surface area contributed by atoms with Crippen LogP contribution in [0.3, 0.4) is 0 Å². The fourth-order valence-corrected chi connectivity index (χ4v) is 1.85. The molecule has 1 atom stereocenters. The van der Waals surface area contributed by atoms with Crippen molar-refractivity contribution in [1.29, 1.82) is 0 Å². The lowest BCUT2D eigenvalue weighted by Gasteiger charge is -2.17. The summed E-state index contributed by atoms with van der Waals surface area (Å²) >= 11 is 0. The molecule has 16 heavy (non-hydrogen) atoms. The molecule has 84 valence electrons. The van der Waals surface area contributed by atoms with Crippen LogP contribution in [0.5, 0.6) is 0 Å². The van der Waals surface area contributed by atoms with E-state index in [-0.39, 0.29) is 11.8 Å². The molecule has 2 amide bonds. The fraction of sp³-hybridized carbons (Fsp3) is 0.385. The molecule has 0 spiro atoms. The minimum Gasteiger partial charge on any atom is -0.274 e. The summed E-state index contributed by atoms with van der Waals surface area (Å²) in [4.78, 5) is 25.3. The van der Waals surface area contributed by atoms with Crippen LogP contribution in [0.25, 0.3) is 0 Å². The minimum atomic E-state index is -0.152. The first-order chi connectivity index (χ1) is 7.65. The third-order valence-corrected chi connectivity index (χ3v) is 3.07. The van der Waals surface area contributed by atoms with Crippen molar-refractivity contribution < 1.29 is 9.59 Å². The molecular weight excluding hydrogens is 202 g/mol. The lowest BCUT2D eigenvalue weighted by Crippen LogP contribution is -2.33. The number of hydrogen-bond acceptors (Lipinski definition) is 2. The molecule has 1 aliphatic heterocycles. The van der Waals surface area contributed by atoms with Crippen molar-refractivity contribution in [2.45, 2.75) is 20.3 Å². The third kappa shape index (κ3) is 1.62. The quantitative estimate of drug-likeness (QED) is 0.729. The highest BCUT2D eigenvalue weighted by Crippen LogP contribution is 2.23. The van der Waals surface area contributed by atoms with Crippen molar-refractivity contribution in [3.8, 4) is 0 Å². The summed E-state index contributed by atoms with van der Waals surface area (Å²) in [5, 5.41) is 0. The third-order valence-electron chi connectivity index (χ3n) is 3.07. The first-order valence-corrected chi connectivity index (χ1v) is 5.60. The molecule has 0 bridgehead atoms. The predicted octanol–water partition coefficient (Wildman–Crippen LogP) is 2.33. The molecule has 1 heterocycles. The Labute approximate surface area is 95.1 Å². The van der Waals surface area contributed by atoms with Gasteiger partial charge >= 0.3 is 0 Å². The normalized spacial score (nSPS) is 16.5. The maximum atomic E-state index is 12.0. The van der Waals surface area contributed by atoms with Crippen LogP contribution in [-0.2, 0) is 0 Å². The number of nitrogens with zero attached hydrogens (tertiary/aromatic N) is 1. The molecule has 0 saturated carbocycles. The van der Waals surface area contributed by atoms with E-state index >= 15 is 0 Å². The summed E-state index contributed by atoms with van der Waals surface area (Å²) in [6.07, 6.45) is 0.966. The Kier molecular flexibility index (Phi) is 2.77. The largest absolute Gasteiger partial charge is 0.274 e. The molecule has 1 aromatic rings. The highest BCUT2D eigenvalue weighted by molar-refractivity contribution is 6.21. The topological polar surface area (TPSA) is 37.4 Å². The van der Waals surface area contributed by atoms with Crippen molar-refractivity contribution in [3.05, 3.63) is 35.4 Å². The van der Waals surface area contributed by atoms with Gasteiger partial charge in [-0.15, -0.1) is 0 Å². The van der Waals surface area contributed by atoms with Gasteiger partial charge in [-0.1, -0.05) is 32.4 Å². The van der Waals surface area contributed by atoms with Gasteiger partial charge in [0.15, 0.2) is 0 Å². The Balaban J connectivity index is 2.28. The van der Waals surface area contributed by atoms with E-state index in [9.17, 15) is 9.59 Å². The van der Waals surface area contributed by atoms with E-state index in [0.717, 1.165) is 6.42 Å². The molecule has 2 rings (SSSR count). The maximum absolute atomic E-state index is 12.0. The first-order valence-electron chi connectivity index (χ1n) is 5.60. The van der Waals surface area contributed by atoms with E-state index in [0.29, 0.717) is 23.6 Å². The first kappa shape index (κ1) is 10.9. The number of carbonyl (C=O) groups excluding carboxylic acids is 2. The lowest BCUT2D eigenvalue weighted by atomic mass is 10.1. The highest BCUT2D eigenvalue weighted by atomic mass is 16.2. The van der Waals surface area contributed by atoms with Crippen molar-refractivity contribution >= 4 is 11.8 Å². The Morgan fingerprint density at radius 2 is 1.62 bits per heavy atom. The average molecular weight is 217 g/mol. The molecule has 1 unspecified atom stereocenters. The van der Waals surface area contributed by atoms with Gasteiger partial charge in [0, 0.05) is 6.54 Å². The monoisotopic (exact) mass is 217 g/mol. The number of benzene rings is 1. The van der Waals surface area contributed by atoms with E-state index in [2.05, 4.69) is 6.92 Å². The molecule has 1 aliphatic rings. The van der Waals surface area contributed by atoms with Crippen LogP contribution in [0.15, 0.2) is 24.3 Å². The van der Waals surface area contributed by atoms with Gasteiger partial charge in [0.1, 0.15) is 0 Å². The van der Waals surface area contributed by atoms with E-state index in [1.165, 1.54) is 4.90 Å². The predicted molar refractivity (Wildman–Crippen MR) is 61.3 cm³/mol. The van der Waals surface area contributed by atoms with Gasteiger partial charge < -0.3 is 0 Å². The molecule has 0 fully saturated rings. The van der Waals surface area contributed by atoms with Crippen LogP contribution < -0.4 is 0 Å². The molecule has 1 aromatic carbocycles. The SMILES string of the molecule is CCC(C)CN1C(=O)c2ccccc2C1=O. The number of hydrogen-bond donors (Lipinski definition) is 0. The maximum Gasteiger partial charge on any atom is 0.261 e. The van der Waals surface area contributed by atoms with Crippen LogP contribution in [0.1, 0.15) is 41.0 Å². The summed E-state index contributed by atoms with van der Waals surface area (Å²) in [5.41, 5.74) is 1.08. The van der Waals surface area contributed by atoms with Crippen molar-refractivity contribution in [2.24, 2.45) is 5.92 Å². The van der Waals surface area contributed by atoms with E-state index in [1.807, 2.05) is 6.92 Å². The van der Waals surface area contributed by atoms with Gasteiger partial charge in [0.25, 0.3) is 11.8 Å². The molecule has 3 nitrogen and oxygen atoms in total. The molecule has 0 saturated heterocycles. The Morgan fingerprint density at radius 1 is 1.12 bits per heavy atom. The second-order valence-corrected chi connectivity index (χ2v) is 4.28. The summed E-state index contributed by atoms with van der Waals surface area (Å²) in [6, 6.07) is 7.01. The highest BCUT2D eigenvalue weighted by Gasteiger charge is 2.35. The number of fused-ring (bicyclic) bond motifs is 1. The molecule has 3 heteroatoms. The average Bonchev–Trinajstić information content (AvgIpc) is 2.55. The smallest absolute Gasteiger partial charge is 0.261 e. The molecular formula is C13H15NO2. The van der Waals surface area contributed by atoms with E-state index in [1.54, 1.807) is 24.3 Å². The zero-order valence-electron chi connectivity index (χ0n) is 9.56. The van der Waals surface area contributed by atoms with Gasteiger partial charge in [0.2, 0.25) is 0 Å². The summed E-state index contributed by atoms with van der Waals surface area (Å²) in [5.74, 6) is 0.0454. The summed E-state index contributed by atoms with van der Waals surface area (Å²) < 4.78 is 0. The van der Waals surface area contributed by atoms with Crippen LogP contribution in [0.2, 0.25) is 0 Å². The lowest BCUT2D eigenvalue weighted by molar-refractivity contribution is 0.0631. The van der Waals surface area contributed by atoms with E-state index < -0.39 is 0 Å². The molecule has 0 N–H and O–H groups in total. The van der Waals surface area contributed by atoms with Gasteiger partial charge in [-0.05, 0) is 18.1 Å². The van der Waals surface area contributed by atoms with Gasteiger partial charge in [-0.3, -0.25) is 14.5 Å². The molecule has 0 aliphatic carbocycles. The number of amides is 2. The van der Waals surface area contributed by atoms with Crippen molar-refractivity contribution in [2.75, 3.05) is 6.54 Å². The second kappa shape index (κ2) is 4.08. The van der Waals surface area contributed by atoms with Crippen LogP contribution in [0, 0.1) is 5.92 Å². The van der Waals surface area contributed by atoms with Crippen molar-refractivity contribution in [1.82, 2.24) is 4.90 Å². The number of rotatable bonds is 3. The summed E-state index contributed by atoms with van der Waals surface area (Å²) in [6.45, 7) is 4.62.